The van der Waals surface area contributed by atoms with Crippen LogP contribution in [0.2, 0.25) is 0 Å². The smallest absolute Gasteiger partial charge is 0.392 e. The molecule has 0 unspecified atom stereocenters. The number of aliphatic hydroxyl groups is 1. The summed E-state index contributed by atoms with van der Waals surface area (Å²) in [5.41, 5.74) is -0.488. The van der Waals surface area contributed by atoms with E-state index in [0.29, 0.717) is 5.56 Å². The van der Waals surface area contributed by atoms with Gasteiger partial charge in [0.1, 0.15) is 11.5 Å². The van der Waals surface area contributed by atoms with E-state index in [9.17, 15) is 17.6 Å². The van der Waals surface area contributed by atoms with Crippen LogP contribution >= 0.6 is 0 Å². The molecule has 0 spiro atoms. The summed E-state index contributed by atoms with van der Waals surface area (Å²) in [5.74, 6) is -0.499. The Hall–Kier alpha value is -1.95. The molecule has 0 atom stereocenters. The lowest BCUT2D eigenvalue weighted by molar-refractivity contribution is -0.141. The summed E-state index contributed by atoms with van der Waals surface area (Å²) >= 11 is 0. The normalized spacial score (nSPS) is 11.6. The van der Waals surface area contributed by atoms with E-state index < -0.39 is 24.3 Å². The van der Waals surface area contributed by atoms with E-state index in [-0.39, 0.29) is 11.3 Å². The molecule has 1 aromatic carbocycles. The Morgan fingerprint density at radius 1 is 1.00 bits per heavy atom. The lowest BCUT2D eigenvalue weighted by Gasteiger charge is -2.11. The van der Waals surface area contributed by atoms with Gasteiger partial charge in [-0.2, -0.15) is 13.2 Å². The van der Waals surface area contributed by atoms with Crippen LogP contribution < -0.4 is 0 Å². The van der Waals surface area contributed by atoms with Crippen LogP contribution in [0.3, 0.4) is 0 Å². The molecule has 1 aromatic heterocycles. The number of hydrogen-bond acceptors (Lipinski definition) is 2. The number of aromatic nitrogens is 1. The number of nitrogens with zero attached hydrogens (tertiary/aromatic N) is 1. The number of alkyl halides is 3. The molecule has 100 valence electrons. The number of halogens is 4. The van der Waals surface area contributed by atoms with Crippen LogP contribution in [0.15, 0.2) is 36.4 Å². The molecule has 0 bridgehead atoms. The lowest BCUT2D eigenvalue weighted by atomic mass is 10.1. The Balaban J connectivity index is 2.56. The van der Waals surface area contributed by atoms with Crippen molar-refractivity contribution in [3.05, 3.63) is 53.5 Å². The zero-order valence-corrected chi connectivity index (χ0v) is 9.58. The largest absolute Gasteiger partial charge is 0.433 e. The maximum Gasteiger partial charge on any atom is 0.433 e. The van der Waals surface area contributed by atoms with Crippen molar-refractivity contribution in [2.45, 2.75) is 12.8 Å². The van der Waals surface area contributed by atoms with Crippen molar-refractivity contribution in [3.63, 3.8) is 0 Å². The fourth-order valence-electron chi connectivity index (χ4n) is 1.63. The molecule has 0 fully saturated rings. The van der Waals surface area contributed by atoms with Gasteiger partial charge in [0.05, 0.1) is 12.3 Å². The molecule has 0 aliphatic rings. The number of benzene rings is 1. The molecule has 0 saturated carbocycles. The Kier molecular flexibility index (Phi) is 3.53. The summed E-state index contributed by atoms with van der Waals surface area (Å²) in [5, 5.41) is 9.13. The Morgan fingerprint density at radius 3 is 2.16 bits per heavy atom. The highest BCUT2D eigenvalue weighted by molar-refractivity contribution is 5.63. The highest BCUT2D eigenvalue weighted by Crippen LogP contribution is 2.31. The third kappa shape index (κ3) is 2.90. The molecule has 0 saturated heterocycles. The molecule has 2 aromatic rings. The molecule has 1 heterocycles. The average Bonchev–Trinajstić information content (AvgIpc) is 2.38. The van der Waals surface area contributed by atoms with Crippen molar-refractivity contribution in [2.24, 2.45) is 0 Å². The second kappa shape index (κ2) is 4.97. The zero-order valence-electron chi connectivity index (χ0n) is 9.58. The van der Waals surface area contributed by atoms with Crippen molar-refractivity contribution in [1.82, 2.24) is 4.98 Å². The predicted octanol–water partition coefficient (Wildman–Crippen LogP) is 3.40. The van der Waals surface area contributed by atoms with E-state index in [2.05, 4.69) is 4.98 Å². The first kappa shape index (κ1) is 13.5. The summed E-state index contributed by atoms with van der Waals surface area (Å²) in [7, 11) is 0. The van der Waals surface area contributed by atoms with E-state index in [0.717, 1.165) is 24.3 Å². The van der Waals surface area contributed by atoms with Crippen molar-refractivity contribution in [1.29, 1.82) is 0 Å². The van der Waals surface area contributed by atoms with Gasteiger partial charge in [-0.3, -0.25) is 0 Å². The zero-order chi connectivity index (χ0) is 14.0. The monoisotopic (exact) mass is 271 g/mol. The Morgan fingerprint density at radius 2 is 1.63 bits per heavy atom. The molecule has 0 aliphatic carbocycles. The van der Waals surface area contributed by atoms with Gasteiger partial charge in [-0.1, -0.05) is 6.07 Å². The molecule has 0 amide bonds. The fourth-order valence-corrected chi connectivity index (χ4v) is 1.63. The third-order valence-electron chi connectivity index (χ3n) is 2.56. The summed E-state index contributed by atoms with van der Waals surface area (Å²) in [6.45, 7) is -0.447. The SMILES string of the molecule is OCc1ccc(C(F)(F)F)nc1-c1ccc(F)cc1. The second-order valence-corrected chi connectivity index (χ2v) is 3.87. The van der Waals surface area contributed by atoms with Crippen molar-refractivity contribution >= 4 is 0 Å². The van der Waals surface area contributed by atoms with Gasteiger partial charge in [0.2, 0.25) is 0 Å². The van der Waals surface area contributed by atoms with Gasteiger partial charge >= 0.3 is 6.18 Å². The minimum Gasteiger partial charge on any atom is -0.392 e. The van der Waals surface area contributed by atoms with Crippen LogP contribution in [0.1, 0.15) is 11.3 Å². The van der Waals surface area contributed by atoms with Gasteiger partial charge in [0.15, 0.2) is 0 Å². The number of pyridine rings is 1. The molecule has 0 aliphatic heterocycles. The second-order valence-electron chi connectivity index (χ2n) is 3.87. The van der Waals surface area contributed by atoms with Gasteiger partial charge in [-0.05, 0) is 30.3 Å². The minimum atomic E-state index is -4.57. The van der Waals surface area contributed by atoms with E-state index in [1.165, 1.54) is 12.1 Å². The summed E-state index contributed by atoms with van der Waals surface area (Å²) in [6, 6.07) is 6.85. The molecule has 2 rings (SSSR count). The quantitative estimate of drug-likeness (QED) is 0.849. The summed E-state index contributed by atoms with van der Waals surface area (Å²) in [6.07, 6.45) is -4.57. The van der Waals surface area contributed by atoms with Gasteiger partial charge in [-0.15, -0.1) is 0 Å². The molecular weight excluding hydrogens is 262 g/mol. The standard InChI is InChI=1S/C13H9F4NO/c14-10-4-1-8(2-5-10)12-9(7-19)3-6-11(18-12)13(15,16)17/h1-6,19H,7H2. The van der Waals surface area contributed by atoms with Crippen molar-refractivity contribution in [3.8, 4) is 11.3 Å². The Bertz CT molecular complexity index is 578. The first-order valence-corrected chi connectivity index (χ1v) is 5.35. The fraction of sp³-hybridized carbons (Fsp3) is 0.154. The van der Waals surface area contributed by atoms with Gasteiger partial charge in [0, 0.05) is 11.1 Å². The number of rotatable bonds is 2. The predicted molar refractivity (Wildman–Crippen MR) is 60.6 cm³/mol. The van der Waals surface area contributed by atoms with E-state index in [1.807, 2.05) is 0 Å². The van der Waals surface area contributed by atoms with Crippen LogP contribution in [0, 0.1) is 5.82 Å². The number of hydrogen-bond donors (Lipinski definition) is 1. The lowest BCUT2D eigenvalue weighted by Crippen LogP contribution is -2.09. The van der Waals surface area contributed by atoms with Gasteiger partial charge in [0.25, 0.3) is 0 Å². The maximum absolute atomic E-state index is 12.8. The van der Waals surface area contributed by atoms with Crippen molar-refractivity contribution < 1.29 is 22.7 Å². The summed E-state index contributed by atoms with van der Waals surface area (Å²) in [4.78, 5) is 3.51. The topological polar surface area (TPSA) is 33.1 Å². The van der Waals surface area contributed by atoms with Gasteiger partial charge < -0.3 is 5.11 Å². The molecular formula is C13H9F4NO. The molecule has 0 radical (unpaired) electrons. The van der Waals surface area contributed by atoms with Crippen LogP contribution in [-0.4, -0.2) is 10.1 Å². The molecule has 19 heavy (non-hydrogen) atoms. The van der Waals surface area contributed by atoms with Crippen LogP contribution in [0.4, 0.5) is 17.6 Å². The molecule has 6 heteroatoms. The van der Waals surface area contributed by atoms with Crippen LogP contribution in [-0.2, 0) is 12.8 Å². The highest BCUT2D eigenvalue weighted by atomic mass is 19.4. The van der Waals surface area contributed by atoms with E-state index in [4.69, 9.17) is 5.11 Å². The van der Waals surface area contributed by atoms with E-state index in [1.54, 1.807) is 0 Å². The van der Waals surface area contributed by atoms with Crippen LogP contribution in [0.5, 0.6) is 0 Å². The highest BCUT2D eigenvalue weighted by Gasteiger charge is 2.33. The molecule has 2 nitrogen and oxygen atoms in total. The van der Waals surface area contributed by atoms with Gasteiger partial charge in [-0.25, -0.2) is 9.37 Å². The van der Waals surface area contributed by atoms with E-state index >= 15 is 0 Å². The first-order chi connectivity index (χ1) is 8.91. The Labute approximate surface area is 106 Å². The van der Waals surface area contributed by atoms with Crippen molar-refractivity contribution in [2.75, 3.05) is 0 Å². The van der Waals surface area contributed by atoms with Crippen LogP contribution in [0.25, 0.3) is 11.3 Å². The molecule has 1 N–H and O–H groups in total. The minimum absolute atomic E-state index is 0.00248. The number of aliphatic hydroxyl groups excluding tert-OH is 1. The third-order valence-corrected chi connectivity index (χ3v) is 2.56. The maximum atomic E-state index is 12.8. The first-order valence-electron chi connectivity index (χ1n) is 5.35. The summed E-state index contributed by atoms with van der Waals surface area (Å²) < 4.78 is 50.6. The average molecular weight is 271 g/mol.